The lowest BCUT2D eigenvalue weighted by atomic mass is 10.0. The van der Waals surface area contributed by atoms with Gasteiger partial charge in [-0.3, -0.25) is 4.90 Å². The first kappa shape index (κ1) is 16.4. The zero-order chi connectivity index (χ0) is 15.4. The molecule has 0 saturated carbocycles. The highest BCUT2D eigenvalue weighted by Gasteiger charge is 2.21. The van der Waals surface area contributed by atoms with Gasteiger partial charge < -0.3 is 5.73 Å². The van der Waals surface area contributed by atoms with E-state index in [1.807, 2.05) is 7.05 Å². The molecule has 114 valence electrons. The van der Waals surface area contributed by atoms with Crippen molar-refractivity contribution in [3.63, 3.8) is 0 Å². The van der Waals surface area contributed by atoms with Gasteiger partial charge in [0.2, 0.25) is 0 Å². The van der Waals surface area contributed by atoms with E-state index in [0.717, 1.165) is 12.0 Å². The maximum Gasteiger partial charge on any atom is 0.125 e. The summed E-state index contributed by atoms with van der Waals surface area (Å²) < 4.78 is 13.6. The van der Waals surface area contributed by atoms with Crippen molar-refractivity contribution in [2.75, 3.05) is 13.6 Å². The molecule has 0 aliphatic rings. The molecule has 2 rings (SSSR count). The van der Waals surface area contributed by atoms with Gasteiger partial charge in [-0.2, -0.15) is 0 Å². The summed E-state index contributed by atoms with van der Waals surface area (Å²) in [6, 6.07) is 9.06. The van der Waals surface area contributed by atoms with Gasteiger partial charge in [-0.15, -0.1) is 11.3 Å². The van der Waals surface area contributed by atoms with Crippen LogP contribution < -0.4 is 5.73 Å². The highest BCUT2D eigenvalue weighted by atomic mass is 35.5. The molecule has 1 aromatic heterocycles. The molecule has 0 radical (unpaired) electrons. The van der Waals surface area contributed by atoms with Gasteiger partial charge in [0, 0.05) is 28.5 Å². The molecular formula is C16H20ClFN2S. The quantitative estimate of drug-likeness (QED) is 0.865. The summed E-state index contributed by atoms with van der Waals surface area (Å²) in [7, 11) is 2.02. The van der Waals surface area contributed by atoms with Crippen LogP contribution in [0.5, 0.6) is 0 Å². The molecule has 0 amide bonds. The summed E-state index contributed by atoms with van der Waals surface area (Å²) in [6.07, 6.45) is 0.952. The van der Waals surface area contributed by atoms with Gasteiger partial charge in [-0.05, 0) is 55.6 Å². The molecule has 0 aliphatic carbocycles. The highest BCUT2D eigenvalue weighted by Crippen LogP contribution is 2.26. The van der Waals surface area contributed by atoms with Crippen LogP contribution in [-0.2, 0) is 6.42 Å². The van der Waals surface area contributed by atoms with Crippen LogP contribution in [0.15, 0.2) is 35.7 Å². The molecular weight excluding hydrogens is 307 g/mol. The van der Waals surface area contributed by atoms with Crippen molar-refractivity contribution < 1.29 is 4.39 Å². The number of hydrogen-bond donors (Lipinski definition) is 1. The minimum atomic E-state index is -0.324. The van der Waals surface area contributed by atoms with E-state index in [4.69, 9.17) is 17.3 Å². The molecule has 0 spiro atoms. The van der Waals surface area contributed by atoms with Crippen LogP contribution in [0, 0.1) is 5.82 Å². The second-order valence-corrected chi connectivity index (χ2v) is 6.72. The van der Waals surface area contributed by atoms with Gasteiger partial charge >= 0.3 is 0 Å². The van der Waals surface area contributed by atoms with Crippen molar-refractivity contribution >= 4 is 22.9 Å². The highest BCUT2D eigenvalue weighted by molar-refractivity contribution is 7.09. The van der Waals surface area contributed by atoms with Crippen molar-refractivity contribution in [1.29, 1.82) is 0 Å². The largest absolute Gasteiger partial charge is 0.329 e. The third-order valence-electron chi connectivity index (χ3n) is 3.76. The zero-order valence-electron chi connectivity index (χ0n) is 12.2. The number of thiophene rings is 1. The first-order chi connectivity index (χ1) is 10.0. The SMILES string of the molecule is CC(Cc1cccs1)N(C)C(CN)c1cc(F)cc(Cl)c1. The third kappa shape index (κ3) is 4.27. The lowest BCUT2D eigenvalue weighted by Gasteiger charge is -2.32. The molecule has 1 aromatic carbocycles. The monoisotopic (exact) mass is 326 g/mol. The van der Waals surface area contributed by atoms with Gasteiger partial charge in [0.15, 0.2) is 0 Å². The first-order valence-corrected chi connectivity index (χ1v) is 8.17. The Morgan fingerprint density at radius 2 is 2.14 bits per heavy atom. The van der Waals surface area contributed by atoms with Crippen molar-refractivity contribution in [2.24, 2.45) is 5.73 Å². The number of halogens is 2. The predicted octanol–water partition coefficient (Wildman–Crippen LogP) is 4.10. The number of nitrogens with zero attached hydrogens (tertiary/aromatic N) is 1. The number of rotatable bonds is 6. The summed E-state index contributed by atoms with van der Waals surface area (Å²) >= 11 is 7.70. The molecule has 0 fully saturated rings. The molecule has 2 aromatic rings. The van der Waals surface area contributed by atoms with Crippen LogP contribution in [0.1, 0.15) is 23.4 Å². The van der Waals surface area contributed by atoms with E-state index in [-0.39, 0.29) is 11.9 Å². The minimum Gasteiger partial charge on any atom is -0.329 e. The maximum atomic E-state index is 13.6. The van der Waals surface area contributed by atoms with E-state index >= 15 is 0 Å². The molecule has 0 bridgehead atoms. The fourth-order valence-corrected chi connectivity index (χ4v) is 3.53. The smallest absolute Gasteiger partial charge is 0.125 e. The van der Waals surface area contributed by atoms with Gasteiger partial charge in [0.1, 0.15) is 5.82 Å². The van der Waals surface area contributed by atoms with Crippen molar-refractivity contribution in [2.45, 2.75) is 25.4 Å². The molecule has 21 heavy (non-hydrogen) atoms. The number of likely N-dealkylation sites (N-methyl/N-ethyl adjacent to an activating group) is 1. The predicted molar refractivity (Wildman–Crippen MR) is 88.5 cm³/mol. The first-order valence-electron chi connectivity index (χ1n) is 6.91. The number of nitrogens with two attached hydrogens (primary N) is 1. The van der Waals surface area contributed by atoms with Crippen LogP contribution in [0.25, 0.3) is 0 Å². The minimum absolute atomic E-state index is 0.0480. The topological polar surface area (TPSA) is 29.3 Å². The Kier molecular flexibility index (Phi) is 5.76. The van der Waals surface area contributed by atoms with Crippen LogP contribution in [0.2, 0.25) is 5.02 Å². The summed E-state index contributed by atoms with van der Waals surface area (Å²) in [4.78, 5) is 3.52. The summed E-state index contributed by atoms with van der Waals surface area (Å²) in [5, 5.41) is 2.48. The molecule has 2 N–H and O–H groups in total. The average molecular weight is 327 g/mol. The van der Waals surface area contributed by atoms with Crippen molar-refractivity contribution in [1.82, 2.24) is 4.90 Å². The molecule has 2 unspecified atom stereocenters. The molecule has 2 nitrogen and oxygen atoms in total. The van der Waals surface area contributed by atoms with Crippen LogP contribution >= 0.6 is 22.9 Å². The van der Waals surface area contributed by atoms with Crippen LogP contribution in [-0.4, -0.2) is 24.5 Å². The fraction of sp³-hybridized carbons (Fsp3) is 0.375. The Hall–Kier alpha value is -0.940. The summed E-state index contributed by atoms with van der Waals surface area (Å²) in [5.74, 6) is -0.324. The average Bonchev–Trinajstić information content (AvgIpc) is 2.91. The lowest BCUT2D eigenvalue weighted by molar-refractivity contribution is 0.188. The summed E-state index contributed by atoms with van der Waals surface area (Å²) in [5.41, 5.74) is 6.73. The Morgan fingerprint density at radius 3 is 2.71 bits per heavy atom. The molecule has 1 heterocycles. The Labute approximate surface area is 134 Å². The van der Waals surface area contributed by atoms with Gasteiger partial charge in [0.05, 0.1) is 0 Å². The molecule has 0 aliphatic heterocycles. The van der Waals surface area contributed by atoms with E-state index in [1.165, 1.54) is 17.0 Å². The lowest BCUT2D eigenvalue weighted by Crippen LogP contribution is -2.38. The Morgan fingerprint density at radius 1 is 1.38 bits per heavy atom. The van der Waals surface area contributed by atoms with E-state index < -0.39 is 0 Å². The normalized spacial score (nSPS) is 14.4. The molecule has 2 atom stereocenters. The van der Waals surface area contributed by atoms with Crippen molar-refractivity contribution in [3.8, 4) is 0 Å². The Balaban J connectivity index is 2.15. The molecule has 5 heteroatoms. The fourth-order valence-electron chi connectivity index (χ4n) is 2.48. The second-order valence-electron chi connectivity index (χ2n) is 5.25. The number of benzene rings is 1. The third-order valence-corrected chi connectivity index (χ3v) is 4.87. The van der Waals surface area contributed by atoms with Crippen LogP contribution in [0.3, 0.4) is 0 Å². The maximum absolute atomic E-state index is 13.6. The van der Waals surface area contributed by atoms with E-state index in [2.05, 4.69) is 29.3 Å². The van der Waals surface area contributed by atoms with Gasteiger partial charge in [0.25, 0.3) is 0 Å². The van der Waals surface area contributed by atoms with Crippen molar-refractivity contribution in [3.05, 3.63) is 57.0 Å². The zero-order valence-corrected chi connectivity index (χ0v) is 13.8. The van der Waals surface area contributed by atoms with Gasteiger partial charge in [-0.25, -0.2) is 4.39 Å². The number of hydrogen-bond acceptors (Lipinski definition) is 3. The standard InChI is InChI=1S/C16H20ClFN2S/c1-11(6-15-4-3-5-21-15)20(2)16(10-19)12-7-13(17)9-14(18)8-12/h3-5,7-9,11,16H,6,10,19H2,1-2H3. The second kappa shape index (κ2) is 7.36. The van der Waals surface area contributed by atoms with Crippen LogP contribution in [0.4, 0.5) is 4.39 Å². The Bertz CT molecular complexity index is 553. The summed E-state index contributed by atoms with van der Waals surface area (Å²) in [6.45, 7) is 2.58. The van der Waals surface area contributed by atoms with E-state index in [9.17, 15) is 4.39 Å². The van der Waals surface area contributed by atoms with E-state index in [1.54, 1.807) is 17.4 Å². The van der Waals surface area contributed by atoms with Gasteiger partial charge in [-0.1, -0.05) is 17.7 Å². The molecule has 0 saturated heterocycles. The van der Waals surface area contributed by atoms with E-state index in [0.29, 0.717) is 17.6 Å².